The van der Waals surface area contributed by atoms with Gasteiger partial charge in [-0.3, -0.25) is 14.3 Å². The van der Waals surface area contributed by atoms with E-state index >= 15 is 0 Å². The SMILES string of the molecule is C=C(N=C(/C=C\N)c1ccc(NS(=O)(=O)C2CC=CS2)cc1)Nc1ccc(C(=O)N2CCN(C(C)=O)CC2)cc1. The quantitative estimate of drug-likeness (QED) is 0.386. The number of piperazine rings is 1. The van der Waals surface area contributed by atoms with E-state index in [1.54, 1.807) is 69.8 Å². The molecule has 1 unspecified atom stereocenters. The summed E-state index contributed by atoms with van der Waals surface area (Å²) in [5, 5.41) is 4.91. The number of sulfonamides is 1. The fourth-order valence-corrected chi connectivity index (χ4v) is 6.74. The molecule has 12 heteroatoms. The number of benzene rings is 2. The van der Waals surface area contributed by atoms with Crippen LogP contribution in [0.15, 0.2) is 89.7 Å². The van der Waals surface area contributed by atoms with Crippen molar-refractivity contribution in [3.63, 3.8) is 0 Å². The molecule has 1 fully saturated rings. The Morgan fingerprint density at radius 1 is 1.00 bits per heavy atom. The smallest absolute Gasteiger partial charge is 0.253 e. The normalized spacial score (nSPS) is 17.7. The van der Waals surface area contributed by atoms with Gasteiger partial charge in [0.2, 0.25) is 15.9 Å². The van der Waals surface area contributed by atoms with Crippen molar-refractivity contribution in [1.82, 2.24) is 9.80 Å². The van der Waals surface area contributed by atoms with Crippen molar-refractivity contribution in [3.8, 4) is 0 Å². The Morgan fingerprint density at radius 2 is 1.60 bits per heavy atom. The Morgan fingerprint density at radius 3 is 2.17 bits per heavy atom. The number of allylic oxidation sites excluding steroid dienone is 2. The van der Waals surface area contributed by atoms with Crippen LogP contribution >= 0.6 is 11.8 Å². The molecule has 0 radical (unpaired) electrons. The number of amides is 2. The Hall–Kier alpha value is -4.03. The van der Waals surface area contributed by atoms with E-state index in [0.717, 1.165) is 5.56 Å². The predicted octanol–water partition coefficient (Wildman–Crippen LogP) is 3.55. The van der Waals surface area contributed by atoms with Gasteiger partial charge in [0, 0.05) is 55.6 Å². The third-order valence-electron chi connectivity index (χ3n) is 6.38. The van der Waals surface area contributed by atoms with Crippen LogP contribution in [0.4, 0.5) is 11.4 Å². The molecular formula is C28H32N6O4S2. The van der Waals surface area contributed by atoms with E-state index in [9.17, 15) is 18.0 Å². The number of nitrogens with zero attached hydrogens (tertiary/aromatic N) is 3. The summed E-state index contributed by atoms with van der Waals surface area (Å²) in [6, 6.07) is 13.9. The third-order valence-corrected chi connectivity index (χ3v) is 9.73. The second-order valence-corrected chi connectivity index (χ2v) is 12.5. The maximum Gasteiger partial charge on any atom is 0.253 e. The van der Waals surface area contributed by atoms with Crippen molar-refractivity contribution < 1.29 is 18.0 Å². The molecule has 1 saturated heterocycles. The molecule has 4 rings (SSSR count). The zero-order valence-electron chi connectivity index (χ0n) is 22.1. The highest BCUT2D eigenvalue weighted by Crippen LogP contribution is 2.29. The third kappa shape index (κ3) is 7.33. The van der Waals surface area contributed by atoms with Gasteiger partial charge in [-0.05, 0) is 60.5 Å². The van der Waals surface area contributed by atoms with Crippen LogP contribution in [0.3, 0.4) is 0 Å². The molecule has 2 aliphatic heterocycles. The van der Waals surface area contributed by atoms with Crippen molar-refractivity contribution in [2.24, 2.45) is 10.7 Å². The van der Waals surface area contributed by atoms with Gasteiger partial charge in [0.25, 0.3) is 5.91 Å². The molecule has 2 aromatic carbocycles. The Labute approximate surface area is 238 Å². The maximum absolute atomic E-state index is 12.9. The Kier molecular flexibility index (Phi) is 9.33. The number of rotatable bonds is 9. The van der Waals surface area contributed by atoms with Gasteiger partial charge in [-0.1, -0.05) is 24.8 Å². The minimum absolute atomic E-state index is 0.0202. The highest BCUT2D eigenvalue weighted by atomic mass is 32.3. The number of nitrogens with one attached hydrogen (secondary N) is 2. The van der Waals surface area contributed by atoms with Crippen LogP contribution in [0.25, 0.3) is 0 Å². The highest BCUT2D eigenvalue weighted by molar-refractivity contribution is 8.15. The molecule has 0 bridgehead atoms. The van der Waals surface area contributed by atoms with Gasteiger partial charge >= 0.3 is 0 Å². The summed E-state index contributed by atoms with van der Waals surface area (Å²) >= 11 is 1.28. The highest BCUT2D eigenvalue weighted by Gasteiger charge is 2.27. The number of carbonyl (C=O) groups is 2. The first-order valence-electron chi connectivity index (χ1n) is 12.7. The summed E-state index contributed by atoms with van der Waals surface area (Å²) in [6.45, 7) is 7.60. The molecule has 0 aromatic heterocycles. The van der Waals surface area contributed by atoms with Gasteiger partial charge < -0.3 is 20.9 Å². The minimum Gasteiger partial charge on any atom is -0.405 e. The summed E-state index contributed by atoms with van der Waals surface area (Å²) < 4.78 is 27.2. The average molecular weight is 581 g/mol. The first-order chi connectivity index (χ1) is 19.2. The van der Waals surface area contributed by atoms with E-state index in [1.165, 1.54) is 24.9 Å². The molecule has 2 amide bonds. The molecule has 1 atom stereocenters. The second kappa shape index (κ2) is 12.9. The predicted molar refractivity (Wildman–Crippen MR) is 161 cm³/mol. The molecule has 40 heavy (non-hydrogen) atoms. The monoisotopic (exact) mass is 580 g/mol. The zero-order valence-corrected chi connectivity index (χ0v) is 23.7. The number of nitrogens with two attached hydrogens (primary N) is 1. The fraction of sp³-hybridized carbons (Fsp3) is 0.250. The number of aliphatic imine (C=N–C) groups is 1. The van der Waals surface area contributed by atoms with Gasteiger partial charge in [0.05, 0.1) is 5.71 Å². The van der Waals surface area contributed by atoms with Crippen molar-refractivity contribution in [2.45, 2.75) is 17.9 Å². The summed E-state index contributed by atoms with van der Waals surface area (Å²) in [5.74, 6) is 0.293. The largest absolute Gasteiger partial charge is 0.405 e. The number of thioether (sulfide) groups is 1. The van der Waals surface area contributed by atoms with Gasteiger partial charge in [-0.15, -0.1) is 11.8 Å². The van der Waals surface area contributed by atoms with Gasteiger partial charge in [0.1, 0.15) is 10.4 Å². The molecule has 4 N–H and O–H groups in total. The molecule has 0 aliphatic carbocycles. The lowest BCUT2D eigenvalue weighted by Crippen LogP contribution is -2.50. The lowest BCUT2D eigenvalue weighted by atomic mass is 10.1. The maximum atomic E-state index is 12.9. The van der Waals surface area contributed by atoms with Crippen molar-refractivity contribution >= 4 is 50.7 Å². The van der Waals surface area contributed by atoms with Gasteiger partial charge in [-0.2, -0.15) is 0 Å². The Bertz CT molecular complexity index is 1430. The number of carbonyl (C=O) groups excluding carboxylic acids is 2. The zero-order chi connectivity index (χ0) is 28.7. The molecule has 0 saturated carbocycles. The van der Waals surface area contributed by atoms with Crippen LogP contribution in [0.2, 0.25) is 0 Å². The minimum atomic E-state index is -3.51. The molecule has 2 aliphatic rings. The van der Waals surface area contributed by atoms with Crippen molar-refractivity contribution in [3.05, 3.63) is 95.8 Å². The van der Waals surface area contributed by atoms with Gasteiger partial charge in [0.15, 0.2) is 0 Å². The number of hydrogen-bond acceptors (Lipinski definition) is 8. The van der Waals surface area contributed by atoms with Crippen LogP contribution < -0.4 is 15.8 Å². The molecule has 10 nitrogen and oxygen atoms in total. The van der Waals surface area contributed by atoms with Gasteiger partial charge in [-0.25, -0.2) is 13.4 Å². The lowest BCUT2D eigenvalue weighted by Gasteiger charge is -2.34. The molecule has 0 spiro atoms. The molecule has 210 valence electrons. The van der Waals surface area contributed by atoms with Crippen molar-refractivity contribution in [1.29, 1.82) is 0 Å². The van der Waals surface area contributed by atoms with E-state index in [-0.39, 0.29) is 11.8 Å². The van der Waals surface area contributed by atoms with Crippen LogP contribution in [0.1, 0.15) is 29.3 Å². The van der Waals surface area contributed by atoms with E-state index in [0.29, 0.717) is 61.1 Å². The van der Waals surface area contributed by atoms with E-state index < -0.39 is 14.6 Å². The second-order valence-electron chi connectivity index (χ2n) is 9.20. The molecule has 2 aromatic rings. The van der Waals surface area contributed by atoms with E-state index in [4.69, 9.17) is 5.73 Å². The summed E-state index contributed by atoms with van der Waals surface area (Å²) in [7, 11) is -3.51. The van der Waals surface area contributed by atoms with Crippen LogP contribution in [-0.2, 0) is 14.8 Å². The topological polar surface area (TPSA) is 137 Å². The van der Waals surface area contributed by atoms with E-state index in [2.05, 4.69) is 21.6 Å². The molecular weight excluding hydrogens is 548 g/mol. The van der Waals surface area contributed by atoms with Crippen molar-refractivity contribution in [2.75, 3.05) is 36.2 Å². The fourth-order valence-electron chi connectivity index (χ4n) is 4.24. The van der Waals surface area contributed by atoms with Crippen LogP contribution in [0.5, 0.6) is 0 Å². The summed E-state index contributed by atoms with van der Waals surface area (Å²) in [4.78, 5) is 32.4. The average Bonchev–Trinajstić information content (AvgIpc) is 3.50. The van der Waals surface area contributed by atoms with E-state index in [1.807, 2.05) is 6.08 Å². The lowest BCUT2D eigenvalue weighted by molar-refractivity contribution is -0.130. The number of hydrogen-bond donors (Lipinski definition) is 3. The standard InChI is InChI=1S/C28H32N6O4S2/c1-20(30-24-9-7-23(8-10-24)28(36)34-17-15-33(16-18-34)21(2)35)31-26(13-14-29)22-5-11-25(12-6-22)32-40(37,38)27-4-3-19-39-27/h3,5-14,19,27,30,32H,1,4,15-18,29H2,2H3/b14-13-,31-26?. The van der Waals surface area contributed by atoms with Crippen LogP contribution in [0, 0.1) is 0 Å². The number of anilines is 2. The first kappa shape index (κ1) is 29.0. The van der Waals surface area contributed by atoms with Crippen LogP contribution in [-0.4, -0.2) is 66.5 Å². The first-order valence-corrected chi connectivity index (χ1v) is 15.2. The molecule has 2 heterocycles. The summed E-state index contributed by atoms with van der Waals surface area (Å²) in [6.07, 6.45) is 5.31. The summed E-state index contributed by atoms with van der Waals surface area (Å²) in [5.41, 5.74) is 8.60. The Balaban J connectivity index is 1.37.